The lowest BCUT2D eigenvalue weighted by molar-refractivity contribution is 0.664. The van der Waals surface area contributed by atoms with Crippen LogP contribution in [0, 0.1) is 0 Å². The summed E-state index contributed by atoms with van der Waals surface area (Å²) < 4.78 is 0.952. The van der Waals surface area contributed by atoms with Crippen LogP contribution in [0.1, 0.15) is 12.8 Å². The predicted octanol–water partition coefficient (Wildman–Crippen LogP) is 3.49. The van der Waals surface area contributed by atoms with Crippen molar-refractivity contribution in [3.63, 3.8) is 0 Å². The van der Waals surface area contributed by atoms with Gasteiger partial charge in [-0.15, -0.1) is 0 Å². The van der Waals surface area contributed by atoms with Crippen molar-refractivity contribution in [2.75, 3.05) is 18.0 Å². The van der Waals surface area contributed by atoms with Crippen LogP contribution < -0.4 is 10.6 Å². The fourth-order valence-corrected chi connectivity index (χ4v) is 3.45. The molecule has 0 saturated carbocycles. The lowest BCUT2D eigenvalue weighted by Crippen LogP contribution is -2.36. The third-order valence-corrected chi connectivity index (χ3v) is 4.56. The molecular weight excluding hydrogens is 352 g/mol. The van der Waals surface area contributed by atoms with Crippen LogP contribution in [0.15, 0.2) is 34.9 Å². The number of anilines is 1. The van der Waals surface area contributed by atoms with Gasteiger partial charge in [0.15, 0.2) is 0 Å². The number of aromatic nitrogens is 2. The monoisotopic (exact) mass is 366 g/mol. The highest BCUT2D eigenvalue weighted by Crippen LogP contribution is 2.30. The number of benzene rings is 1. The molecule has 0 radical (unpaired) electrons. The molecule has 1 atom stereocenters. The van der Waals surface area contributed by atoms with Crippen LogP contribution in [0.5, 0.6) is 0 Å². The van der Waals surface area contributed by atoms with Crippen LogP contribution in [0.3, 0.4) is 0 Å². The molecule has 6 heteroatoms. The van der Waals surface area contributed by atoms with Gasteiger partial charge in [0, 0.05) is 35.4 Å². The molecule has 21 heavy (non-hydrogen) atoms. The Balaban J connectivity index is 1.96. The van der Waals surface area contributed by atoms with Gasteiger partial charge in [-0.05, 0) is 31.0 Å². The van der Waals surface area contributed by atoms with Gasteiger partial charge in [-0.3, -0.25) is 0 Å². The average molecular weight is 368 g/mol. The Morgan fingerprint density at radius 2 is 2.24 bits per heavy atom. The second-order valence-electron chi connectivity index (χ2n) is 5.09. The van der Waals surface area contributed by atoms with E-state index in [1.54, 1.807) is 6.20 Å². The number of halogens is 2. The summed E-state index contributed by atoms with van der Waals surface area (Å²) in [6.45, 7) is 1.59. The molecule has 2 N–H and O–H groups in total. The van der Waals surface area contributed by atoms with Gasteiger partial charge in [-0.1, -0.05) is 33.6 Å². The van der Waals surface area contributed by atoms with Crippen LogP contribution >= 0.6 is 27.5 Å². The fourth-order valence-electron chi connectivity index (χ4n) is 2.68. The summed E-state index contributed by atoms with van der Waals surface area (Å²) in [5.41, 5.74) is 7.57. The quantitative estimate of drug-likeness (QED) is 0.902. The van der Waals surface area contributed by atoms with E-state index in [-0.39, 0.29) is 0 Å². The summed E-state index contributed by atoms with van der Waals surface area (Å²) in [7, 11) is 0. The second kappa shape index (κ2) is 6.30. The summed E-state index contributed by atoms with van der Waals surface area (Å²) in [6, 6.07) is 8.01. The average Bonchev–Trinajstić information content (AvgIpc) is 2.96. The number of hydrogen-bond donors (Lipinski definition) is 1. The van der Waals surface area contributed by atoms with Gasteiger partial charge in [0.1, 0.15) is 0 Å². The van der Waals surface area contributed by atoms with Gasteiger partial charge in [-0.25, -0.2) is 9.97 Å². The van der Waals surface area contributed by atoms with E-state index in [0.29, 0.717) is 17.6 Å². The topological polar surface area (TPSA) is 55.0 Å². The van der Waals surface area contributed by atoms with Crippen molar-refractivity contribution in [1.29, 1.82) is 0 Å². The summed E-state index contributed by atoms with van der Waals surface area (Å²) in [5.74, 6) is 0.736. The first-order valence-electron chi connectivity index (χ1n) is 6.94. The Hall–Kier alpha value is -1.17. The van der Waals surface area contributed by atoms with Gasteiger partial charge in [0.25, 0.3) is 0 Å². The number of nitrogens with two attached hydrogens (primary N) is 1. The molecule has 1 saturated heterocycles. The first-order chi connectivity index (χ1) is 10.2. The van der Waals surface area contributed by atoms with Crippen molar-refractivity contribution in [3.8, 4) is 11.3 Å². The number of nitrogens with zero attached hydrogens (tertiary/aromatic N) is 3. The van der Waals surface area contributed by atoms with Crippen LogP contribution in [-0.4, -0.2) is 29.1 Å². The molecule has 3 rings (SSSR count). The molecule has 0 aliphatic carbocycles. The van der Waals surface area contributed by atoms with Crippen LogP contribution in [-0.2, 0) is 0 Å². The molecule has 4 nitrogen and oxygen atoms in total. The van der Waals surface area contributed by atoms with Crippen molar-refractivity contribution in [2.45, 2.75) is 18.9 Å². The molecule has 1 aliphatic rings. The molecule has 2 aromatic rings. The summed E-state index contributed by atoms with van der Waals surface area (Å²) in [5, 5.41) is 0.672. The standard InChI is InChI=1S/C15H16BrClN4/c16-10-3-4-12(13(17)8-10)14-5-6-19-15(20-14)21-7-1-2-11(21)9-18/h3-6,8,11H,1-2,7,9,18H2. The molecule has 0 bridgehead atoms. The Morgan fingerprint density at radius 1 is 1.38 bits per heavy atom. The minimum Gasteiger partial charge on any atom is -0.337 e. The maximum absolute atomic E-state index is 6.31. The molecule has 1 fully saturated rings. The van der Waals surface area contributed by atoms with E-state index < -0.39 is 0 Å². The Kier molecular flexibility index (Phi) is 4.42. The predicted molar refractivity (Wildman–Crippen MR) is 89.6 cm³/mol. The minimum absolute atomic E-state index is 0.334. The summed E-state index contributed by atoms with van der Waals surface area (Å²) >= 11 is 9.72. The van der Waals surface area contributed by atoms with E-state index in [1.807, 2.05) is 24.3 Å². The normalized spacial score (nSPS) is 18.2. The third kappa shape index (κ3) is 3.05. The largest absolute Gasteiger partial charge is 0.337 e. The Labute approximate surface area is 137 Å². The van der Waals surface area contributed by atoms with Crippen molar-refractivity contribution in [3.05, 3.63) is 40.0 Å². The summed E-state index contributed by atoms with van der Waals surface area (Å²) in [6.07, 6.45) is 4.01. The highest BCUT2D eigenvalue weighted by molar-refractivity contribution is 9.10. The molecule has 1 aromatic heterocycles. The number of hydrogen-bond acceptors (Lipinski definition) is 4. The molecule has 1 aliphatic heterocycles. The molecule has 110 valence electrons. The van der Waals surface area contributed by atoms with Gasteiger partial charge in [0.05, 0.1) is 10.7 Å². The minimum atomic E-state index is 0.334. The molecule has 0 spiro atoms. The van der Waals surface area contributed by atoms with Crippen LogP contribution in [0.2, 0.25) is 5.02 Å². The van der Waals surface area contributed by atoms with E-state index in [0.717, 1.165) is 41.1 Å². The van der Waals surface area contributed by atoms with E-state index >= 15 is 0 Å². The zero-order valence-corrected chi connectivity index (χ0v) is 13.8. The van der Waals surface area contributed by atoms with Gasteiger partial charge < -0.3 is 10.6 Å². The highest BCUT2D eigenvalue weighted by atomic mass is 79.9. The molecule has 2 heterocycles. The van der Waals surface area contributed by atoms with Crippen molar-refractivity contribution in [1.82, 2.24) is 9.97 Å². The maximum Gasteiger partial charge on any atom is 0.226 e. The maximum atomic E-state index is 6.31. The van der Waals surface area contributed by atoms with Gasteiger partial charge in [-0.2, -0.15) is 0 Å². The summed E-state index contributed by atoms with van der Waals surface area (Å²) in [4.78, 5) is 11.3. The molecule has 1 unspecified atom stereocenters. The van der Waals surface area contributed by atoms with Crippen LogP contribution in [0.25, 0.3) is 11.3 Å². The zero-order valence-electron chi connectivity index (χ0n) is 11.5. The lowest BCUT2D eigenvalue weighted by Gasteiger charge is -2.23. The Bertz CT molecular complexity index is 649. The van der Waals surface area contributed by atoms with Crippen LogP contribution in [0.4, 0.5) is 5.95 Å². The first kappa shape index (κ1) is 14.8. The second-order valence-corrected chi connectivity index (χ2v) is 6.41. The van der Waals surface area contributed by atoms with E-state index in [2.05, 4.69) is 30.8 Å². The Morgan fingerprint density at radius 3 is 3.00 bits per heavy atom. The fraction of sp³-hybridized carbons (Fsp3) is 0.333. The zero-order chi connectivity index (χ0) is 14.8. The highest BCUT2D eigenvalue weighted by Gasteiger charge is 2.25. The van der Waals surface area contributed by atoms with Crippen molar-refractivity contribution >= 4 is 33.5 Å². The SMILES string of the molecule is NCC1CCCN1c1nccc(-c2ccc(Br)cc2Cl)n1. The van der Waals surface area contributed by atoms with E-state index in [9.17, 15) is 0 Å². The van der Waals surface area contributed by atoms with Crippen molar-refractivity contribution < 1.29 is 0 Å². The third-order valence-electron chi connectivity index (χ3n) is 3.76. The lowest BCUT2D eigenvalue weighted by atomic mass is 10.1. The number of rotatable bonds is 3. The van der Waals surface area contributed by atoms with Gasteiger partial charge >= 0.3 is 0 Å². The smallest absolute Gasteiger partial charge is 0.226 e. The molecule has 1 aromatic carbocycles. The molecular formula is C15H16BrClN4. The van der Waals surface area contributed by atoms with Gasteiger partial charge in [0.2, 0.25) is 5.95 Å². The van der Waals surface area contributed by atoms with E-state index in [1.165, 1.54) is 0 Å². The van der Waals surface area contributed by atoms with E-state index in [4.69, 9.17) is 17.3 Å². The first-order valence-corrected chi connectivity index (χ1v) is 8.11. The molecule has 0 amide bonds. The van der Waals surface area contributed by atoms with Crippen molar-refractivity contribution in [2.24, 2.45) is 5.73 Å².